The Morgan fingerprint density at radius 3 is 3.00 bits per heavy atom. The number of amides is 2. The molecule has 0 aromatic heterocycles. The number of hydrogen-bond donors (Lipinski definition) is 0. The summed E-state index contributed by atoms with van der Waals surface area (Å²) in [6, 6.07) is 7.25. The topological polar surface area (TPSA) is 49.9 Å². The van der Waals surface area contributed by atoms with Gasteiger partial charge in [-0.05, 0) is 32.4 Å². The third kappa shape index (κ3) is 2.23. The van der Waals surface area contributed by atoms with E-state index in [0.29, 0.717) is 18.7 Å². The molecular weight excluding hydrogens is 312 g/mol. The maximum absolute atomic E-state index is 13.2. The predicted molar refractivity (Wildman–Crippen MR) is 89.6 cm³/mol. The van der Waals surface area contributed by atoms with Crippen LogP contribution < -0.4 is 9.64 Å². The lowest BCUT2D eigenvalue weighted by Crippen LogP contribution is -2.54. The van der Waals surface area contributed by atoms with Gasteiger partial charge in [0, 0.05) is 12.2 Å². The van der Waals surface area contributed by atoms with Crippen molar-refractivity contribution in [1.29, 1.82) is 0 Å². The number of nitrogens with zero attached hydrogens (tertiary/aromatic N) is 2. The second kappa shape index (κ2) is 5.16. The summed E-state index contributed by atoms with van der Waals surface area (Å²) >= 11 is 1.73. The van der Waals surface area contributed by atoms with Gasteiger partial charge < -0.3 is 14.5 Å². The van der Waals surface area contributed by atoms with Gasteiger partial charge in [-0.25, -0.2) is 0 Å². The third-order valence-corrected chi connectivity index (χ3v) is 6.42. The summed E-state index contributed by atoms with van der Waals surface area (Å²) in [4.78, 5) is 28.9. The number of para-hydroxylation sites is 2. The predicted octanol–water partition coefficient (Wildman–Crippen LogP) is 2.25. The summed E-state index contributed by atoms with van der Waals surface area (Å²) in [5.41, 5.74) is 0.806. The molecule has 0 N–H and O–H groups in total. The van der Waals surface area contributed by atoms with Crippen molar-refractivity contribution >= 4 is 29.3 Å². The molecular formula is C17H20N2O3S. The zero-order valence-corrected chi connectivity index (χ0v) is 14.1. The highest BCUT2D eigenvalue weighted by atomic mass is 32.2. The molecule has 4 rings (SSSR count). The number of hydrogen-bond acceptors (Lipinski definition) is 4. The first-order valence-corrected chi connectivity index (χ1v) is 9.01. The molecule has 0 radical (unpaired) electrons. The average molecular weight is 332 g/mol. The number of anilines is 1. The monoisotopic (exact) mass is 332 g/mol. The van der Waals surface area contributed by atoms with E-state index in [-0.39, 0.29) is 28.8 Å². The molecule has 3 heterocycles. The van der Waals surface area contributed by atoms with Gasteiger partial charge in [0.25, 0.3) is 5.91 Å². The van der Waals surface area contributed by atoms with Gasteiger partial charge in [-0.1, -0.05) is 12.1 Å². The van der Waals surface area contributed by atoms with Gasteiger partial charge in [0.15, 0.2) is 0 Å². The van der Waals surface area contributed by atoms with Gasteiger partial charge in [-0.2, -0.15) is 0 Å². The van der Waals surface area contributed by atoms with Crippen molar-refractivity contribution in [3.63, 3.8) is 0 Å². The highest BCUT2D eigenvalue weighted by Crippen LogP contribution is 2.48. The molecule has 3 atom stereocenters. The van der Waals surface area contributed by atoms with Gasteiger partial charge in [-0.15, -0.1) is 11.8 Å². The van der Waals surface area contributed by atoms with Crippen molar-refractivity contribution in [2.24, 2.45) is 0 Å². The van der Waals surface area contributed by atoms with Crippen LogP contribution in [0.1, 0.15) is 26.7 Å². The van der Waals surface area contributed by atoms with E-state index in [2.05, 4.69) is 6.92 Å². The van der Waals surface area contributed by atoms with Crippen molar-refractivity contribution in [3.05, 3.63) is 24.3 Å². The van der Waals surface area contributed by atoms with Crippen LogP contribution in [0.25, 0.3) is 0 Å². The Labute approximate surface area is 140 Å². The summed E-state index contributed by atoms with van der Waals surface area (Å²) < 4.78 is 5.82. The van der Waals surface area contributed by atoms with Crippen molar-refractivity contribution in [1.82, 2.24) is 4.90 Å². The summed E-state index contributed by atoms with van der Waals surface area (Å²) in [5, 5.41) is 0. The molecule has 0 spiro atoms. The van der Waals surface area contributed by atoms with Crippen LogP contribution in [0.15, 0.2) is 24.3 Å². The number of fused-ring (bicyclic) bond motifs is 2. The van der Waals surface area contributed by atoms with E-state index in [4.69, 9.17) is 4.74 Å². The van der Waals surface area contributed by atoms with E-state index in [1.165, 1.54) is 0 Å². The lowest BCUT2D eigenvalue weighted by atomic mass is 10.1. The number of benzene rings is 1. The fraction of sp³-hybridized carbons (Fsp3) is 0.529. The summed E-state index contributed by atoms with van der Waals surface area (Å²) in [6.45, 7) is 4.56. The normalized spacial score (nSPS) is 32.5. The number of rotatable bonds is 1. The second-order valence-corrected chi connectivity index (χ2v) is 8.11. The molecule has 3 aliphatic heterocycles. The molecule has 23 heavy (non-hydrogen) atoms. The fourth-order valence-electron chi connectivity index (χ4n) is 3.78. The van der Waals surface area contributed by atoms with E-state index in [1.807, 2.05) is 36.1 Å². The molecule has 6 heteroatoms. The smallest absolute Gasteiger partial charge is 0.250 e. The molecule has 0 aliphatic carbocycles. The van der Waals surface area contributed by atoms with E-state index in [0.717, 1.165) is 17.9 Å². The minimum absolute atomic E-state index is 0.0130. The molecule has 3 unspecified atom stereocenters. The van der Waals surface area contributed by atoms with Crippen molar-refractivity contribution in [3.8, 4) is 5.75 Å². The van der Waals surface area contributed by atoms with E-state index in [9.17, 15) is 9.59 Å². The minimum Gasteiger partial charge on any atom is -0.487 e. The Kier molecular flexibility index (Phi) is 3.34. The number of carbonyl (C=O) groups excluding carboxylic acids is 2. The lowest BCUT2D eigenvalue weighted by molar-refractivity contribution is -0.137. The zero-order valence-electron chi connectivity index (χ0n) is 13.3. The molecule has 2 saturated heterocycles. The van der Waals surface area contributed by atoms with Crippen molar-refractivity contribution in [2.45, 2.75) is 43.7 Å². The molecule has 2 fully saturated rings. The average Bonchev–Trinajstić information content (AvgIpc) is 3.02. The van der Waals surface area contributed by atoms with Crippen LogP contribution in [0.4, 0.5) is 5.69 Å². The highest BCUT2D eigenvalue weighted by molar-refractivity contribution is 8.01. The van der Waals surface area contributed by atoms with Gasteiger partial charge in [0.05, 0.1) is 17.1 Å². The summed E-state index contributed by atoms with van der Waals surface area (Å²) in [6.07, 6.45) is 1.32. The summed E-state index contributed by atoms with van der Waals surface area (Å²) in [5.74, 6) is 1.53. The Balaban J connectivity index is 1.66. The Bertz CT molecular complexity index is 680. The third-order valence-electron chi connectivity index (χ3n) is 4.92. The lowest BCUT2D eigenvalue weighted by Gasteiger charge is -2.37. The Morgan fingerprint density at radius 2 is 2.17 bits per heavy atom. The molecule has 1 aromatic rings. The van der Waals surface area contributed by atoms with Crippen LogP contribution in [0.2, 0.25) is 0 Å². The molecule has 122 valence electrons. The first-order valence-electron chi connectivity index (χ1n) is 8.03. The first kappa shape index (κ1) is 14.9. The van der Waals surface area contributed by atoms with Gasteiger partial charge >= 0.3 is 0 Å². The van der Waals surface area contributed by atoms with Crippen molar-refractivity contribution in [2.75, 3.05) is 17.2 Å². The van der Waals surface area contributed by atoms with Crippen LogP contribution in [0, 0.1) is 0 Å². The van der Waals surface area contributed by atoms with Crippen LogP contribution in [0.3, 0.4) is 0 Å². The SMILES string of the molecule is CC1CN(C(=O)C2CSC3(C)CCC(=O)N23)c2ccccc2O1. The van der Waals surface area contributed by atoms with E-state index >= 15 is 0 Å². The van der Waals surface area contributed by atoms with Crippen LogP contribution >= 0.6 is 11.8 Å². The van der Waals surface area contributed by atoms with Crippen LogP contribution in [-0.4, -0.2) is 46.0 Å². The molecule has 0 saturated carbocycles. The molecule has 2 amide bonds. The first-order chi connectivity index (χ1) is 11.0. The maximum atomic E-state index is 13.2. The molecule has 1 aromatic carbocycles. The van der Waals surface area contributed by atoms with Gasteiger partial charge in [0.1, 0.15) is 17.9 Å². The molecule has 0 bridgehead atoms. The van der Waals surface area contributed by atoms with Crippen LogP contribution in [0.5, 0.6) is 5.75 Å². The van der Waals surface area contributed by atoms with E-state index in [1.54, 1.807) is 16.7 Å². The quantitative estimate of drug-likeness (QED) is 0.791. The van der Waals surface area contributed by atoms with Crippen molar-refractivity contribution < 1.29 is 14.3 Å². The zero-order chi connectivity index (χ0) is 16.2. The maximum Gasteiger partial charge on any atom is 0.250 e. The fourth-order valence-corrected chi connectivity index (χ4v) is 5.20. The molecule has 5 nitrogen and oxygen atoms in total. The number of thioether (sulfide) groups is 1. The second-order valence-electron chi connectivity index (χ2n) is 6.61. The molecule has 3 aliphatic rings. The standard InChI is InChI=1S/C17H20N2O3S/c1-11-9-18(12-5-3-4-6-14(12)22-11)16(21)13-10-23-17(2)8-7-15(20)19(13)17/h3-6,11,13H,7-10H2,1-2H3. The minimum atomic E-state index is -0.363. The van der Waals surface area contributed by atoms with Crippen LogP contribution in [-0.2, 0) is 9.59 Å². The Morgan fingerprint density at radius 1 is 1.39 bits per heavy atom. The van der Waals surface area contributed by atoms with Gasteiger partial charge in [-0.3, -0.25) is 9.59 Å². The number of ether oxygens (including phenoxy) is 1. The van der Waals surface area contributed by atoms with E-state index < -0.39 is 0 Å². The summed E-state index contributed by atoms with van der Waals surface area (Å²) in [7, 11) is 0. The largest absolute Gasteiger partial charge is 0.487 e. The number of carbonyl (C=O) groups is 2. The highest BCUT2D eigenvalue weighted by Gasteiger charge is 2.54. The Hall–Kier alpha value is -1.69. The van der Waals surface area contributed by atoms with Gasteiger partial charge in [0.2, 0.25) is 5.91 Å².